The number of sulfonamides is 1. The van der Waals surface area contributed by atoms with Crippen molar-refractivity contribution in [2.75, 3.05) is 6.54 Å². The van der Waals surface area contributed by atoms with E-state index in [0.29, 0.717) is 24.9 Å². The molecule has 0 spiro atoms. The Morgan fingerprint density at radius 1 is 1.24 bits per heavy atom. The van der Waals surface area contributed by atoms with E-state index in [2.05, 4.69) is 10.3 Å². The number of nitrogens with zero attached hydrogens (tertiary/aromatic N) is 2. The van der Waals surface area contributed by atoms with Crippen molar-refractivity contribution in [3.8, 4) is 0 Å². The maximum atomic E-state index is 13.2. The lowest BCUT2D eigenvalue weighted by atomic mass is 10.1. The van der Waals surface area contributed by atoms with E-state index in [4.69, 9.17) is 0 Å². The number of hydrogen-bond donors (Lipinski definition) is 1. The molecule has 134 valence electrons. The summed E-state index contributed by atoms with van der Waals surface area (Å²) in [5, 5.41) is 3.65. The van der Waals surface area contributed by atoms with E-state index in [9.17, 15) is 13.2 Å². The first-order valence-corrected chi connectivity index (χ1v) is 9.82. The first-order chi connectivity index (χ1) is 11.7. The first kappa shape index (κ1) is 17.8. The lowest BCUT2D eigenvalue weighted by Gasteiger charge is -2.28. The van der Waals surface area contributed by atoms with Crippen molar-refractivity contribution < 1.29 is 13.2 Å². The molecule has 3 rings (SSSR count). The maximum absolute atomic E-state index is 13.2. The van der Waals surface area contributed by atoms with Crippen LogP contribution in [0.4, 0.5) is 0 Å². The molecule has 0 unspecified atom stereocenters. The molecule has 0 radical (unpaired) electrons. The van der Waals surface area contributed by atoms with Gasteiger partial charge in [0.25, 0.3) is 0 Å². The fraction of sp³-hybridized carbons (Fsp3) is 0.444. The summed E-state index contributed by atoms with van der Waals surface area (Å²) in [6.07, 6.45) is 2.77. The number of carbonyl (C=O) groups excluding carboxylic acids is 1. The van der Waals surface area contributed by atoms with Gasteiger partial charge in [-0.2, -0.15) is 4.31 Å². The van der Waals surface area contributed by atoms with Crippen LogP contribution in [0.3, 0.4) is 0 Å². The van der Waals surface area contributed by atoms with Crippen LogP contribution in [-0.4, -0.2) is 41.7 Å². The number of aromatic nitrogens is 1. The van der Waals surface area contributed by atoms with Crippen LogP contribution in [0.15, 0.2) is 41.4 Å². The van der Waals surface area contributed by atoms with Crippen molar-refractivity contribution in [1.82, 2.24) is 14.6 Å². The molecule has 1 aromatic carbocycles. The fourth-order valence-corrected chi connectivity index (χ4v) is 4.98. The number of amides is 1. The topological polar surface area (TPSA) is 79.4 Å². The lowest BCUT2D eigenvalue weighted by Crippen LogP contribution is -2.51. The van der Waals surface area contributed by atoms with Crippen LogP contribution in [0, 0.1) is 0 Å². The Balaban J connectivity index is 2.00. The molecule has 1 fully saturated rings. The predicted octanol–water partition coefficient (Wildman–Crippen LogP) is 2.30. The molecule has 1 aliphatic rings. The minimum absolute atomic E-state index is 0.154. The van der Waals surface area contributed by atoms with Crippen molar-refractivity contribution in [1.29, 1.82) is 0 Å². The number of rotatable bonds is 3. The van der Waals surface area contributed by atoms with Gasteiger partial charge in [-0.05, 0) is 45.7 Å². The Kier molecular flexibility index (Phi) is 4.55. The first-order valence-electron chi connectivity index (χ1n) is 8.38. The van der Waals surface area contributed by atoms with Crippen molar-refractivity contribution in [3.05, 3.63) is 36.5 Å². The SMILES string of the molecule is CC(C)(C)NC(=O)[C@@H]1CCCN1S(=O)(=O)c1cccc2cccnc12. The molecule has 0 saturated carbocycles. The number of nitrogens with one attached hydrogen (secondary N) is 1. The molecule has 1 saturated heterocycles. The van der Waals surface area contributed by atoms with E-state index in [0.717, 1.165) is 5.39 Å². The number of para-hydroxylation sites is 1. The summed E-state index contributed by atoms with van der Waals surface area (Å²) < 4.78 is 27.8. The lowest BCUT2D eigenvalue weighted by molar-refractivity contribution is -0.125. The van der Waals surface area contributed by atoms with Gasteiger partial charge in [0.2, 0.25) is 15.9 Å². The normalized spacial score (nSPS) is 19.2. The maximum Gasteiger partial charge on any atom is 0.245 e. The largest absolute Gasteiger partial charge is 0.350 e. The third-order valence-electron chi connectivity index (χ3n) is 4.19. The van der Waals surface area contributed by atoms with Crippen molar-refractivity contribution in [2.45, 2.75) is 50.1 Å². The highest BCUT2D eigenvalue weighted by molar-refractivity contribution is 7.89. The number of carbonyl (C=O) groups is 1. The third kappa shape index (κ3) is 3.52. The second kappa shape index (κ2) is 6.38. The van der Waals surface area contributed by atoms with Crippen LogP contribution in [0.5, 0.6) is 0 Å². The number of fused-ring (bicyclic) bond motifs is 1. The molecular weight excluding hydrogens is 338 g/mol. The fourth-order valence-electron chi connectivity index (χ4n) is 3.15. The summed E-state index contributed by atoms with van der Waals surface area (Å²) in [4.78, 5) is 17.0. The molecule has 1 aliphatic heterocycles. The van der Waals surface area contributed by atoms with Crippen molar-refractivity contribution in [2.24, 2.45) is 0 Å². The van der Waals surface area contributed by atoms with E-state index < -0.39 is 21.6 Å². The molecular formula is C18H23N3O3S. The Bertz CT molecular complexity index is 898. The van der Waals surface area contributed by atoms with Crippen LogP contribution in [0.1, 0.15) is 33.6 Å². The molecule has 25 heavy (non-hydrogen) atoms. The third-order valence-corrected chi connectivity index (χ3v) is 6.13. The summed E-state index contributed by atoms with van der Waals surface area (Å²) in [6.45, 7) is 5.99. The van der Waals surface area contributed by atoms with E-state index >= 15 is 0 Å². The van der Waals surface area contributed by atoms with Gasteiger partial charge >= 0.3 is 0 Å². The number of hydrogen-bond acceptors (Lipinski definition) is 4. The van der Waals surface area contributed by atoms with E-state index in [1.165, 1.54) is 4.31 Å². The predicted molar refractivity (Wildman–Crippen MR) is 96.6 cm³/mol. The van der Waals surface area contributed by atoms with E-state index in [-0.39, 0.29) is 10.8 Å². The zero-order chi connectivity index (χ0) is 18.2. The van der Waals surface area contributed by atoms with Crippen LogP contribution in [-0.2, 0) is 14.8 Å². The summed E-state index contributed by atoms with van der Waals surface area (Å²) >= 11 is 0. The summed E-state index contributed by atoms with van der Waals surface area (Å²) in [5.74, 6) is -0.248. The molecule has 2 heterocycles. The van der Waals surface area contributed by atoms with Crippen molar-refractivity contribution >= 4 is 26.8 Å². The van der Waals surface area contributed by atoms with Gasteiger partial charge < -0.3 is 5.32 Å². The van der Waals surface area contributed by atoms with Crippen LogP contribution < -0.4 is 5.32 Å². The van der Waals surface area contributed by atoms with E-state index in [1.54, 1.807) is 24.4 Å². The van der Waals surface area contributed by atoms with Crippen LogP contribution in [0.25, 0.3) is 10.9 Å². The van der Waals surface area contributed by atoms with Crippen molar-refractivity contribution in [3.63, 3.8) is 0 Å². The Morgan fingerprint density at radius 3 is 2.68 bits per heavy atom. The number of pyridine rings is 1. The molecule has 2 aromatic rings. The molecule has 6 nitrogen and oxygen atoms in total. The smallest absolute Gasteiger partial charge is 0.245 e. The Hall–Kier alpha value is -1.99. The highest BCUT2D eigenvalue weighted by Crippen LogP contribution is 2.30. The van der Waals surface area contributed by atoms with Gasteiger partial charge in [0, 0.05) is 23.7 Å². The molecule has 0 aliphatic carbocycles. The minimum Gasteiger partial charge on any atom is -0.350 e. The Morgan fingerprint density at radius 2 is 1.96 bits per heavy atom. The summed E-state index contributed by atoms with van der Waals surface area (Å²) in [5.41, 5.74) is 0.0303. The quantitative estimate of drug-likeness (QED) is 0.910. The van der Waals surface area contributed by atoms with Gasteiger partial charge in [-0.1, -0.05) is 18.2 Å². The average molecular weight is 361 g/mol. The van der Waals surface area contributed by atoms with Gasteiger partial charge in [0.1, 0.15) is 10.9 Å². The highest BCUT2D eigenvalue weighted by atomic mass is 32.2. The molecule has 7 heteroatoms. The molecule has 1 aromatic heterocycles. The van der Waals surface area contributed by atoms with Gasteiger partial charge in [-0.15, -0.1) is 0 Å². The van der Waals surface area contributed by atoms with Crippen LogP contribution in [0.2, 0.25) is 0 Å². The summed E-state index contributed by atoms with van der Waals surface area (Å²) in [7, 11) is -3.81. The zero-order valence-corrected chi connectivity index (χ0v) is 15.5. The minimum atomic E-state index is -3.81. The summed E-state index contributed by atoms with van der Waals surface area (Å²) in [6, 6.07) is 8.01. The second-order valence-electron chi connectivity index (χ2n) is 7.34. The standard InChI is InChI=1S/C18H23N3O3S/c1-18(2,3)20-17(22)14-9-6-12-21(14)25(23,24)15-10-4-7-13-8-5-11-19-16(13)15/h4-5,7-8,10-11,14H,6,9,12H2,1-3H3,(H,20,22)/t14-/m0/s1. The Labute approximate surface area is 148 Å². The molecule has 1 N–H and O–H groups in total. The van der Waals surface area contributed by atoms with Gasteiger partial charge in [-0.3, -0.25) is 9.78 Å². The van der Waals surface area contributed by atoms with Gasteiger partial charge in [0.15, 0.2) is 0 Å². The molecule has 0 bridgehead atoms. The number of benzene rings is 1. The monoisotopic (exact) mass is 361 g/mol. The highest BCUT2D eigenvalue weighted by Gasteiger charge is 2.40. The van der Waals surface area contributed by atoms with Gasteiger partial charge in [0.05, 0.1) is 5.52 Å². The van der Waals surface area contributed by atoms with Crippen LogP contribution >= 0.6 is 0 Å². The zero-order valence-electron chi connectivity index (χ0n) is 14.7. The van der Waals surface area contributed by atoms with Gasteiger partial charge in [-0.25, -0.2) is 8.42 Å². The second-order valence-corrected chi connectivity index (χ2v) is 9.20. The van der Waals surface area contributed by atoms with E-state index in [1.807, 2.05) is 32.9 Å². The average Bonchev–Trinajstić information content (AvgIpc) is 3.03. The molecule has 1 atom stereocenters. The molecule has 1 amide bonds.